The van der Waals surface area contributed by atoms with Gasteiger partial charge in [0, 0.05) is 19.0 Å². The molecule has 0 radical (unpaired) electrons. The Kier molecular flexibility index (Phi) is 6.83. The average Bonchev–Trinajstić information content (AvgIpc) is 2.40. The van der Waals surface area contributed by atoms with Gasteiger partial charge in [0.1, 0.15) is 0 Å². The second-order valence-corrected chi connectivity index (χ2v) is 6.75. The molecule has 0 unspecified atom stereocenters. The highest BCUT2D eigenvalue weighted by Crippen LogP contribution is 2.17. The molecule has 0 spiro atoms. The smallest absolute Gasteiger partial charge is 0.207 e. The van der Waals surface area contributed by atoms with Crippen LogP contribution in [0.15, 0.2) is 29.2 Å². The van der Waals surface area contributed by atoms with Crippen molar-refractivity contribution in [1.82, 2.24) is 4.31 Å². The van der Waals surface area contributed by atoms with Gasteiger partial charge in [-0.1, -0.05) is 32.4 Å². The van der Waals surface area contributed by atoms with E-state index < -0.39 is 10.0 Å². The first-order valence-corrected chi connectivity index (χ1v) is 8.68. The van der Waals surface area contributed by atoms with E-state index in [1.54, 1.807) is 12.1 Å². The summed E-state index contributed by atoms with van der Waals surface area (Å²) < 4.78 is 26.4. The molecule has 0 aromatic heterocycles. The predicted molar refractivity (Wildman–Crippen MR) is 80.2 cm³/mol. The zero-order chi connectivity index (χ0) is 14.3. The third-order valence-electron chi connectivity index (χ3n) is 3.06. The van der Waals surface area contributed by atoms with Crippen molar-refractivity contribution in [3.8, 4) is 0 Å². The van der Waals surface area contributed by atoms with E-state index in [0.29, 0.717) is 23.9 Å². The summed E-state index contributed by atoms with van der Waals surface area (Å²) in [5.41, 5.74) is 1.06. The van der Waals surface area contributed by atoms with Crippen LogP contribution in [0, 0.1) is 0 Å². The maximum absolute atomic E-state index is 12.4. The van der Waals surface area contributed by atoms with Gasteiger partial charge in [-0.2, -0.15) is 4.31 Å². The van der Waals surface area contributed by atoms with E-state index in [0.717, 1.165) is 24.8 Å². The molecule has 0 bridgehead atoms. The molecular weight excluding hydrogens is 282 g/mol. The summed E-state index contributed by atoms with van der Waals surface area (Å²) in [6.45, 7) is 5.01. The number of hydrogen-bond donors (Lipinski definition) is 0. The van der Waals surface area contributed by atoms with Crippen molar-refractivity contribution in [2.24, 2.45) is 0 Å². The fraction of sp³-hybridized carbons (Fsp3) is 0.571. The summed E-state index contributed by atoms with van der Waals surface area (Å²) in [6, 6.07) is 7.02. The SMILES string of the molecule is CCCCN(CC)S(=O)(=O)c1ccc(CCCl)cc1. The highest BCUT2D eigenvalue weighted by atomic mass is 35.5. The van der Waals surface area contributed by atoms with Gasteiger partial charge >= 0.3 is 0 Å². The maximum Gasteiger partial charge on any atom is 0.243 e. The summed E-state index contributed by atoms with van der Waals surface area (Å²) >= 11 is 5.67. The summed E-state index contributed by atoms with van der Waals surface area (Å²) in [5, 5.41) is 0. The van der Waals surface area contributed by atoms with Gasteiger partial charge in [0.15, 0.2) is 0 Å². The van der Waals surface area contributed by atoms with E-state index in [1.165, 1.54) is 4.31 Å². The minimum absolute atomic E-state index is 0.365. The summed E-state index contributed by atoms with van der Waals surface area (Å²) in [6.07, 6.45) is 2.63. The molecule has 19 heavy (non-hydrogen) atoms. The summed E-state index contributed by atoms with van der Waals surface area (Å²) in [5.74, 6) is 0.545. The third kappa shape index (κ3) is 4.48. The lowest BCUT2D eigenvalue weighted by Gasteiger charge is -2.20. The molecule has 5 heteroatoms. The topological polar surface area (TPSA) is 37.4 Å². The first-order valence-electron chi connectivity index (χ1n) is 6.71. The molecule has 0 fully saturated rings. The Balaban J connectivity index is 2.91. The second kappa shape index (κ2) is 7.88. The first kappa shape index (κ1) is 16.5. The first-order chi connectivity index (χ1) is 9.06. The van der Waals surface area contributed by atoms with E-state index in [9.17, 15) is 8.42 Å². The van der Waals surface area contributed by atoms with E-state index >= 15 is 0 Å². The van der Waals surface area contributed by atoms with E-state index in [2.05, 4.69) is 6.92 Å². The molecule has 3 nitrogen and oxygen atoms in total. The zero-order valence-corrected chi connectivity index (χ0v) is 13.2. The Morgan fingerprint density at radius 2 is 1.79 bits per heavy atom. The van der Waals surface area contributed by atoms with Crippen molar-refractivity contribution in [3.63, 3.8) is 0 Å². The number of hydrogen-bond acceptors (Lipinski definition) is 2. The number of rotatable bonds is 8. The van der Waals surface area contributed by atoms with Crippen LogP contribution < -0.4 is 0 Å². The van der Waals surface area contributed by atoms with Gasteiger partial charge in [-0.05, 0) is 30.5 Å². The number of alkyl halides is 1. The standard InChI is InChI=1S/C14H22ClNO2S/c1-3-5-12-16(4-2)19(17,18)14-8-6-13(7-9-14)10-11-15/h6-9H,3-5,10-12H2,1-2H3. The van der Waals surface area contributed by atoms with Crippen molar-refractivity contribution in [2.45, 2.75) is 38.0 Å². The molecule has 0 aliphatic rings. The van der Waals surface area contributed by atoms with Crippen LogP contribution >= 0.6 is 11.6 Å². The highest BCUT2D eigenvalue weighted by Gasteiger charge is 2.22. The number of aryl methyl sites for hydroxylation is 1. The molecule has 0 saturated heterocycles. The fourth-order valence-corrected chi connectivity index (χ4v) is 3.57. The number of halogens is 1. The monoisotopic (exact) mass is 303 g/mol. The lowest BCUT2D eigenvalue weighted by atomic mass is 10.2. The van der Waals surface area contributed by atoms with Crippen molar-refractivity contribution < 1.29 is 8.42 Å². The molecule has 0 atom stereocenters. The molecule has 0 saturated carbocycles. The van der Waals surface area contributed by atoms with Crippen molar-refractivity contribution in [2.75, 3.05) is 19.0 Å². The van der Waals surface area contributed by atoms with E-state index in [-0.39, 0.29) is 0 Å². The molecule has 0 aliphatic heterocycles. The summed E-state index contributed by atoms with van der Waals surface area (Å²) in [7, 11) is -3.35. The molecule has 1 aromatic rings. The van der Waals surface area contributed by atoms with Gasteiger partial charge in [-0.3, -0.25) is 0 Å². The van der Waals surface area contributed by atoms with Crippen LogP contribution in [0.25, 0.3) is 0 Å². The highest BCUT2D eigenvalue weighted by molar-refractivity contribution is 7.89. The Morgan fingerprint density at radius 1 is 1.16 bits per heavy atom. The fourth-order valence-electron chi connectivity index (χ4n) is 1.87. The Morgan fingerprint density at radius 3 is 2.26 bits per heavy atom. The van der Waals surface area contributed by atoms with Crippen LogP contribution in [-0.2, 0) is 16.4 Å². The Bertz CT molecular complexity index is 471. The quantitative estimate of drug-likeness (QED) is 0.691. The minimum Gasteiger partial charge on any atom is -0.207 e. The van der Waals surface area contributed by atoms with Crippen LogP contribution in [0.5, 0.6) is 0 Å². The maximum atomic E-state index is 12.4. The van der Waals surface area contributed by atoms with Crippen molar-refractivity contribution in [3.05, 3.63) is 29.8 Å². The molecule has 0 aliphatic carbocycles. The number of nitrogens with zero attached hydrogens (tertiary/aromatic N) is 1. The molecule has 0 amide bonds. The van der Waals surface area contributed by atoms with Gasteiger partial charge in [0.05, 0.1) is 4.90 Å². The lowest BCUT2D eigenvalue weighted by Crippen LogP contribution is -2.31. The molecule has 0 heterocycles. The molecule has 1 aromatic carbocycles. The molecular formula is C14H22ClNO2S. The van der Waals surface area contributed by atoms with Crippen LogP contribution in [0.4, 0.5) is 0 Å². The van der Waals surface area contributed by atoms with Crippen LogP contribution in [0.3, 0.4) is 0 Å². The molecule has 1 rings (SSSR count). The number of sulfonamides is 1. The number of unbranched alkanes of at least 4 members (excludes halogenated alkanes) is 1. The van der Waals surface area contributed by atoms with Gasteiger partial charge in [-0.25, -0.2) is 8.42 Å². The van der Waals surface area contributed by atoms with Crippen LogP contribution in [0.2, 0.25) is 0 Å². The van der Waals surface area contributed by atoms with Gasteiger partial charge < -0.3 is 0 Å². The minimum atomic E-state index is -3.35. The van der Waals surface area contributed by atoms with Crippen LogP contribution in [0.1, 0.15) is 32.3 Å². The third-order valence-corrected chi connectivity index (χ3v) is 5.24. The van der Waals surface area contributed by atoms with Crippen LogP contribution in [-0.4, -0.2) is 31.7 Å². The van der Waals surface area contributed by atoms with Gasteiger partial charge in [0.25, 0.3) is 0 Å². The predicted octanol–water partition coefficient (Wildman–Crippen LogP) is 3.28. The van der Waals surface area contributed by atoms with Crippen molar-refractivity contribution >= 4 is 21.6 Å². The Labute approximate surface area is 121 Å². The summed E-state index contributed by atoms with van der Waals surface area (Å²) in [4.78, 5) is 0.365. The molecule has 108 valence electrons. The molecule has 0 N–H and O–H groups in total. The van der Waals surface area contributed by atoms with Crippen molar-refractivity contribution in [1.29, 1.82) is 0 Å². The number of benzene rings is 1. The van der Waals surface area contributed by atoms with Gasteiger partial charge in [0.2, 0.25) is 10.0 Å². The Hall–Kier alpha value is -0.580. The second-order valence-electron chi connectivity index (χ2n) is 4.43. The largest absolute Gasteiger partial charge is 0.243 e. The normalized spacial score (nSPS) is 12.0. The zero-order valence-electron chi connectivity index (χ0n) is 11.6. The van der Waals surface area contributed by atoms with E-state index in [4.69, 9.17) is 11.6 Å². The lowest BCUT2D eigenvalue weighted by molar-refractivity contribution is 0.419. The van der Waals surface area contributed by atoms with E-state index in [1.807, 2.05) is 19.1 Å². The van der Waals surface area contributed by atoms with Gasteiger partial charge in [-0.15, -0.1) is 11.6 Å². The average molecular weight is 304 g/mol.